The largest absolute Gasteiger partial charge is 0.379 e. The number of carbonyl (C=O) groups excluding carboxylic acids is 1. The van der Waals surface area contributed by atoms with Crippen molar-refractivity contribution >= 4 is 44.5 Å². The fraction of sp³-hybridized carbons (Fsp3) is 0.261. The van der Waals surface area contributed by atoms with Crippen LogP contribution in [0.15, 0.2) is 48.8 Å². The van der Waals surface area contributed by atoms with Crippen LogP contribution in [0.4, 0.5) is 17.2 Å². The number of aromatic nitrogens is 3. The van der Waals surface area contributed by atoms with Crippen molar-refractivity contribution < 1.29 is 9.53 Å². The van der Waals surface area contributed by atoms with Crippen LogP contribution in [0.5, 0.6) is 0 Å². The standard InChI is InChI=1S/C23H24N6O2S/c1-15-12-18-20(32-15)6-7-24-22(18)27-19-13-25-28-21(19)23(30)26-17-4-2-16(3-5-17)14-29-8-10-31-11-9-29/h2-7,12-13H,8-11,14H2,1H3,(H,24,27)(H,25,28)(H,26,30). The van der Waals surface area contributed by atoms with E-state index in [9.17, 15) is 4.79 Å². The minimum Gasteiger partial charge on any atom is -0.379 e. The maximum absolute atomic E-state index is 12.9. The van der Waals surface area contributed by atoms with Crippen LogP contribution >= 0.6 is 11.3 Å². The number of thiophene rings is 1. The molecule has 1 aromatic carbocycles. The number of morpholine rings is 1. The molecule has 0 unspecified atom stereocenters. The molecular weight excluding hydrogens is 424 g/mol. The molecular formula is C23H24N6O2S. The van der Waals surface area contributed by atoms with Gasteiger partial charge in [-0.3, -0.25) is 14.8 Å². The molecule has 1 aliphatic rings. The van der Waals surface area contributed by atoms with Crippen LogP contribution < -0.4 is 10.6 Å². The van der Waals surface area contributed by atoms with Gasteiger partial charge in [-0.25, -0.2) is 4.98 Å². The Balaban J connectivity index is 1.27. The number of nitrogens with zero attached hydrogens (tertiary/aromatic N) is 3. The van der Waals surface area contributed by atoms with Gasteiger partial charge in [0, 0.05) is 46.5 Å². The number of anilines is 3. The Hall–Kier alpha value is -3.27. The maximum atomic E-state index is 12.9. The quantitative estimate of drug-likeness (QED) is 0.410. The first-order chi connectivity index (χ1) is 15.7. The monoisotopic (exact) mass is 448 g/mol. The van der Waals surface area contributed by atoms with Gasteiger partial charge in [0.25, 0.3) is 5.91 Å². The van der Waals surface area contributed by atoms with Crippen LogP contribution in [0, 0.1) is 6.92 Å². The van der Waals surface area contributed by atoms with Crippen molar-refractivity contribution in [3.8, 4) is 0 Å². The number of benzene rings is 1. The lowest BCUT2D eigenvalue weighted by molar-refractivity contribution is 0.0342. The van der Waals surface area contributed by atoms with Gasteiger partial charge in [0.15, 0.2) is 0 Å². The first kappa shape index (κ1) is 20.6. The normalized spacial score (nSPS) is 14.5. The van der Waals surface area contributed by atoms with E-state index in [0.29, 0.717) is 17.2 Å². The molecule has 1 saturated heterocycles. The number of hydrogen-bond acceptors (Lipinski definition) is 7. The smallest absolute Gasteiger partial charge is 0.275 e. The van der Waals surface area contributed by atoms with Gasteiger partial charge in [-0.05, 0) is 36.8 Å². The zero-order chi connectivity index (χ0) is 21.9. The molecule has 0 aliphatic carbocycles. The third-order valence-corrected chi connectivity index (χ3v) is 6.43. The summed E-state index contributed by atoms with van der Waals surface area (Å²) < 4.78 is 6.54. The first-order valence-electron chi connectivity index (χ1n) is 10.5. The molecule has 0 radical (unpaired) electrons. The summed E-state index contributed by atoms with van der Waals surface area (Å²) in [6, 6.07) is 12.0. The number of pyridine rings is 1. The Kier molecular flexibility index (Phi) is 5.85. The number of amides is 1. The van der Waals surface area contributed by atoms with Gasteiger partial charge in [0.2, 0.25) is 0 Å². The second-order valence-corrected chi connectivity index (χ2v) is 9.04. The number of fused-ring (bicyclic) bond motifs is 1. The van der Waals surface area contributed by atoms with Gasteiger partial charge >= 0.3 is 0 Å². The minimum absolute atomic E-state index is 0.264. The predicted molar refractivity (Wildman–Crippen MR) is 127 cm³/mol. The lowest BCUT2D eigenvalue weighted by Gasteiger charge is -2.26. The first-order valence-corrected chi connectivity index (χ1v) is 11.3. The zero-order valence-electron chi connectivity index (χ0n) is 17.7. The molecule has 1 amide bonds. The highest BCUT2D eigenvalue weighted by Crippen LogP contribution is 2.31. The summed E-state index contributed by atoms with van der Waals surface area (Å²) in [5.74, 6) is 0.439. The molecule has 4 heterocycles. The molecule has 1 fully saturated rings. The van der Waals surface area contributed by atoms with Crippen LogP contribution in [0.2, 0.25) is 0 Å². The van der Waals surface area contributed by atoms with Crippen molar-refractivity contribution in [3.63, 3.8) is 0 Å². The SMILES string of the molecule is Cc1cc2c(Nc3cn[nH]c3C(=O)Nc3ccc(CN4CCOCC4)cc3)nccc2s1. The highest BCUT2D eigenvalue weighted by atomic mass is 32.1. The van der Waals surface area contributed by atoms with Crippen molar-refractivity contribution in [1.29, 1.82) is 0 Å². The molecule has 9 heteroatoms. The fourth-order valence-electron chi connectivity index (χ4n) is 3.78. The summed E-state index contributed by atoms with van der Waals surface area (Å²) in [5.41, 5.74) is 2.87. The Morgan fingerprint density at radius 3 is 2.84 bits per heavy atom. The lowest BCUT2D eigenvalue weighted by atomic mass is 10.2. The van der Waals surface area contributed by atoms with Crippen molar-refractivity contribution in [2.24, 2.45) is 0 Å². The van der Waals surface area contributed by atoms with E-state index in [4.69, 9.17) is 4.74 Å². The minimum atomic E-state index is -0.264. The van der Waals surface area contributed by atoms with Crippen LogP contribution in [0.1, 0.15) is 20.9 Å². The Labute approximate surface area is 189 Å². The maximum Gasteiger partial charge on any atom is 0.275 e. The topological polar surface area (TPSA) is 95.2 Å². The van der Waals surface area contributed by atoms with E-state index in [1.807, 2.05) is 30.3 Å². The predicted octanol–water partition coefficient (Wildman–Crippen LogP) is 4.16. The van der Waals surface area contributed by atoms with E-state index in [2.05, 4.69) is 43.7 Å². The summed E-state index contributed by atoms with van der Waals surface area (Å²) in [4.78, 5) is 20.9. The molecule has 32 heavy (non-hydrogen) atoms. The summed E-state index contributed by atoms with van der Waals surface area (Å²) in [6.45, 7) is 6.41. The highest BCUT2D eigenvalue weighted by Gasteiger charge is 2.17. The van der Waals surface area contributed by atoms with Gasteiger partial charge in [-0.1, -0.05) is 12.1 Å². The van der Waals surface area contributed by atoms with E-state index < -0.39 is 0 Å². The third kappa shape index (κ3) is 4.50. The van der Waals surface area contributed by atoms with Crippen LogP contribution in [-0.2, 0) is 11.3 Å². The zero-order valence-corrected chi connectivity index (χ0v) is 18.5. The molecule has 4 aromatic rings. The number of rotatable bonds is 6. The number of nitrogens with one attached hydrogen (secondary N) is 3. The Morgan fingerprint density at radius 1 is 1.22 bits per heavy atom. The molecule has 3 N–H and O–H groups in total. The average Bonchev–Trinajstić information content (AvgIpc) is 3.42. The lowest BCUT2D eigenvalue weighted by Crippen LogP contribution is -2.35. The van der Waals surface area contributed by atoms with E-state index in [-0.39, 0.29) is 5.91 Å². The molecule has 0 spiro atoms. The van der Waals surface area contributed by atoms with Gasteiger partial charge in [0.05, 0.1) is 25.1 Å². The molecule has 164 valence electrons. The number of aromatic amines is 1. The number of aryl methyl sites for hydroxylation is 1. The number of hydrogen-bond donors (Lipinski definition) is 3. The van der Waals surface area contributed by atoms with Gasteiger partial charge in [-0.2, -0.15) is 5.10 Å². The van der Waals surface area contributed by atoms with E-state index in [0.717, 1.165) is 48.6 Å². The van der Waals surface area contributed by atoms with E-state index in [1.54, 1.807) is 23.7 Å². The van der Waals surface area contributed by atoms with Crippen molar-refractivity contribution in [3.05, 3.63) is 64.9 Å². The molecule has 0 bridgehead atoms. The van der Waals surface area contributed by atoms with Crippen LogP contribution in [-0.4, -0.2) is 52.3 Å². The summed E-state index contributed by atoms with van der Waals surface area (Å²) in [7, 11) is 0. The van der Waals surface area contributed by atoms with E-state index >= 15 is 0 Å². The van der Waals surface area contributed by atoms with E-state index in [1.165, 1.54) is 10.4 Å². The van der Waals surface area contributed by atoms with Crippen molar-refractivity contribution in [2.45, 2.75) is 13.5 Å². The van der Waals surface area contributed by atoms with Crippen LogP contribution in [0.3, 0.4) is 0 Å². The second-order valence-electron chi connectivity index (χ2n) is 7.75. The molecule has 8 nitrogen and oxygen atoms in total. The Morgan fingerprint density at radius 2 is 2.03 bits per heavy atom. The molecule has 1 aliphatic heterocycles. The molecule has 0 saturated carbocycles. The summed E-state index contributed by atoms with van der Waals surface area (Å²) in [6.07, 6.45) is 3.36. The molecule has 5 rings (SSSR count). The van der Waals surface area contributed by atoms with Gasteiger partial charge < -0.3 is 15.4 Å². The average molecular weight is 449 g/mol. The van der Waals surface area contributed by atoms with Gasteiger partial charge in [-0.15, -0.1) is 11.3 Å². The van der Waals surface area contributed by atoms with Crippen molar-refractivity contribution in [2.75, 3.05) is 36.9 Å². The summed E-state index contributed by atoms with van der Waals surface area (Å²) in [5, 5.41) is 14.1. The highest BCUT2D eigenvalue weighted by molar-refractivity contribution is 7.19. The molecule has 0 atom stereocenters. The number of carbonyl (C=O) groups is 1. The number of ether oxygens (including phenoxy) is 1. The van der Waals surface area contributed by atoms with Gasteiger partial charge in [0.1, 0.15) is 11.5 Å². The van der Waals surface area contributed by atoms with Crippen LogP contribution in [0.25, 0.3) is 10.1 Å². The third-order valence-electron chi connectivity index (χ3n) is 5.41. The Bertz CT molecular complexity index is 1230. The summed E-state index contributed by atoms with van der Waals surface area (Å²) >= 11 is 1.71. The second kappa shape index (κ2) is 9.07. The van der Waals surface area contributed by atoms with Crippen molar-refractivity contribution in [1.82, 2.24) is 20.1 Å². The number of H-pyrrole nitrogens is 1. The fourth-order valence-corrected chi connectivity index (χ4v) is 4.69. The molecule has 3 aromatic heterocycles.